The van der Waals surface area contributed by atoms with E-state index in [0.29, 0.717) is 16.1 Å². The number of aliphatic hydroxyl groups is 1. The average molecular weight is 244 g/mol. The lowest BCUT2D eigenvalue weighted by Gasteiger charge is -2.03. The van der Waals surface area contributed by atoms with E-state index < -0.39 is 6.10 Å². The molecule has 0 spiro atoms. The second-order valence-electron chi connectivity index (χ2n) is 2.41. The smallest absolute Gasteiger partial charge is 0.172 e. The van der Waals surface area contributed by atoms with Gasteiger partial charge in [0, 0.05) is 0 Å². The van der Waals surface area contributed by atoms with Crippen molar-refractivity contribution in [3.8, 4) is 0 Å². The first-order valence-electron chi connectivity index (χ1n) is 3.55. The van der Waals surface area contributed by atoms with Crippen molar-refractivity contribution in [3.63, 3.8) is 0 Å². The molecular weight excluding hydrogens is 238 g/mol. The topological polar surface area (TPSA) is 74.9 Å². The second-order valence-corrected chi connectivity index (χ2v) is 3.26. The molecule has 5 nitrogen and oxygen atoms in total. The number of rotatable bonds is 2. The Labute approximate surface area is 81.9 Å². The summed E-state index contributed by atoms with van der Waals surface area (Å²) in [5, 5.41) is 15.9. The molecule has 0 fully saturated rings. The molecule has 2 rings (SSSR count). The molecule has 13 heavy (non-hydrogen) atoms. The number of aromatic amines is 1. The summed E-state index contributed by atoms with van der Waals surface area (Å²) in [6, 6.07) is 1.70. The highest BCUT2D eigenvalue weighted by Crippen LogP contribution is 2.27. The van der Waals surface area contributed by atoms with Crippen molar-refractivity contribution < 1.29 is 9.52 Å². The van der Waals surface area contributed by atoms with Gasteiger partial charge in [0.05, 0.1) is 10.7 Å². The molecule has 0 aliphatic rings. The quantitative estimate of drug-likeness (QED) is 0.833. The molecular formula is C7H6BrN3O2. The molecule has 2 aromatic rings. The van der Waals surface area contributed by atoms with Crippen LogP contribution in [0.25, 0.3) is 0 Å². The normalized spacial score (nSPS) is 13.1. The number of halogens is 1. The van der Waals surface area contributed by atoms with Crippen LogP contribution in [0.15, 0.2) is 27.5 Å². The number of aromatic nitrogens is 3. The molecule has 0 aliphatic carbocycles. The maximum absolute atomic E-state index is 9.69. The molecule has 2 N–H and O–H groups in total. The molecule has 68 valence electrons. The summed E-state index contributed by atoms with van der Waals surface area (Å²) in [7, 11) is 0. The van der Waals surface area contributed by atoms with E-state index in [1.165, 1.54) is 12.6 Å². The summed E-state index contributed by atoms with van der Waals surface area (Å²) in [5.74, 6) is 0.771. The van der Waals surface area contributed by atoms with Crippen LogP contribution >= 0.6 is 15.9 Å². The fourth-order valence-electron chi connectivity index (χ4n) is 0.971. The van der Waals surface area contributed by atoms with Crippen LogP contribution in [0.4, 0.5) is 0 Å². The van der Waals surface area contributed by atoms with Gasteiger partial charge in [0.1, 0.15) is 6.33 Å². The lowest BCUT2D eigenvalue weighted by molar-refractivity contribution is 0.179. The number of aliphatic hydroxyl groups excluding tert-OH is 1. The zero-order valence-corrected chi connectivity index (χ0v) is 8.02. The number of hydrogen-bond donors (Lipinski definition) is 2. The maximum atomic E-state index is 9.69. The van der Waals surface area contributed by atoms with E-state index in [1.54, 1.807) is 6.07 Å². The molecule has 0 aliphatic heterocycles. The van der Waals surface area contributed by atoms with Crippen molar-refractivity contribution in [2.45, 2.75) is 6.10 Å². The lowest BCUT2D eigenvalue weighted by Crippen LogP contribution is -2.01. The van der Waals surface area contributed by atoms with Crippen LogP contribution in [-0.2, 0) is 0 Å². The van der Waals surface area contributed by atoms with Gasteiger partial charge in [-0.25, -0.2) is 4.98 Å². The molecule has 0 saturated heterocycles. The minimum absolute atomic E-state index is 0.357. The Morgan fingerprint density at radius 1 is 1.62 bits per heavy atom. The molecule has 0 aromatic carbocycles. The minimum Gasteiger partial charge on any atom is -0.465 e. The Balaban J connectivity index is 2.33. The average Bonchev–Trinajstić information content (AvgIpc) is 2.72. The molecule has 2 aromatic heterocycles. The van der Waals surface area contributed by atoms with Gasteiger partial charge in [-0.3, -0.25) is 5.10 Å². The SMILES string of the molecule is OC(c1ncn[nH]1)c1occc1Br. The molecule has 0 radical (unpaired) electrons. The van der Waals surface area contributed by atoms with Crippen LogP contribution in [0, 0.1) is 0 Å². The third-order valence-corrected chi connectivity index (χ3v) is 2.24. The Hall–Kier alpha value is -1.14. The number of nitrogens with one attached hydrogen (secondary N) is 1. The van der Waals surface area contributed by atoms with Crippen LogP contribution in [0.3, 0.4) is 0 Å². The zero-order chi connectivity index (χ0) is 9.26. The van der Waals surface area contributed by atoms with Crippen LogP contribution < -0.4 is 0 Å². The van der Waals surface area contributed by atoms with Crippen LogP contribution in [0.2, 0.25) is 0 Å². The van der Waals surface area contributed by atoms with Crippen molar-refractivity contribution in [3.05, 3.63) is 34.7 Å². The van der Waals surface area contributed by atoms with E-state index >= 15 is 0 Å². The predicted molar refractivity (Wildman–Crippen MR) is 46.9 cm³/mol. The van der Waals surface area contributed by atoms with Crippen molar-refractivity contribution in [2.75, 3.05) is 0 Å². The number of nitrogens with zero attached hydrogens (tertiary/aromatic N) is 2. The van der Waals surface area contributed by atoms with Gasteiger partial charge in [0.15, 0.2) is 17.7 Å². The van der Waals surface area contributed by atoms with Gasteiger partial charge in [-0.1, -0.05) is 0 Å². The van der Waals surface area contributed by atoms with Gasteiger partial charge in [-0.15, -0.1) is 0 Å². The van der Waals surface area contributed by atoms with Crippen molar-refractivity contribution >= 4 is 15.9 Å². The summed E-state index contributed by atoms with van der Waals surface area (Å²) in [6.07, 6.45) is 1.90. The number of H-pyrrole nitrogens is 1. The highest BCUT2D eigenvalue weighted by molar-refractivity contribution is 9.10. The Bertz CT molecular complexity index is 384. The largest absolute Gasteiger partial charge is 0.465 e. The fourth-order valence-corrected chi connectivity index (χ4v) is 1.39. The van der Waals surface area contributed by atoms with Gasteiger partial charge in [-0.2, -0.15) is 5.10 Å². The van der Waals surface area contributed by atoms with Crippen molar-refractivity contribution in [1.82, 2.24) is 15.2 Å². The van der Waals surface area contributed by atoms with Crippen LogP contribution in [0.5, 0.6) is 0 Å². The van der Waals surface area contributed by atoms with Crippen molar-refractivity contribution in [1.29, 1.82) is 0 Å². The fraction of sp³-hybridized carbons (Fsp3) is 0.143. The Morgan fingerprint density at radius 3 is 3.00 bits per heavy atom. The summed E-state index contributed by atoms with van der Waals surface area (Å²) in [4.78, 5) is 3.82. The van der Waals surface area contributed by atoms with E-state index in [-0.39, 0.29) is 0 Å². The van der Waals surface area contributed by atoms with Gasteiger partial charge < -0.3 is 9.52 Å². The summed E-state index contributed by atoms with van der Waals surface area (Å²) in [5.41, 5.74) is 0. The first kappa shape index (κ1) is 8.46. The van der Waals surface area contributed by atoms with Crippen LogP contribution in [0.1, 0.15) is 17.7 Å². The second kappa shape index (κ2) is 3.31. The molecule has 0 bridgehead atoms. The van der Waals surface area contributed by atoms with Gasteiger partial charge in [0.25, 0.3) is 0 Å². The summed E-state index contributed by atoms with van der Waals surface area (Å²) in [6.45, 7) is 0. The molecule has 0 saturated carbocycles. The predicted octanol–water partition coefficient (Wildman–Crippen LogP) is 1.24. The molecule has 1 atom stereocenters. The number of hydrogen-bond acceptors (Lipinski definition) is 4. The third-order valence-electron chi connectivity index (χ3n) is 1.59. The first-order chi connectivity index (χ1) is 6.29. The minimum atomic E-state index is -0.910. The Kier molecular flexibility index (Phi) is 2.15. The number of furan rings is 1. The molecule has 1 unspecified atom stereocenters. The van der Waals surface area contributed by atoms with E-state index in [9.17, 15) is 5.11 Å². The molecule has 2 heterocycles. The summed E-state index contributed by atoms with van der Waals surface area (Å²) < 4.78 is 5.77. The summed E-state index contributed by atoms with van der Waals surface area (Å²) >= 11 is 3.24. The Morgan fingerprint density at radius 2 is 2.46 bits per heavy atom. The molecule has 6 heteroatoms. The van der Waals surface area contributed by atoms with E-state index in [4.69, 9.17) is 4.42 Å². The lowest BCUT2D eigenvalue weighted by atomic mass is 10.2. The highest BCUT2D eigenvalue weighted by atomic mass is 79.9. The molecule has 0 amide bonds. The van der Waals surface area contributed by atoms with E-state index in [0.717, 1.165) is 0 Å². The van der Waals surface area contributed by atoms with Crippen molar-refractivity contribution in [2.24, 2.45) is 0 Å². The monoisotopic (exact) mass is 243 g/mol. The highest BCUT2D eigenvalue weighted by Gasteiger charge is 2.19. The van der Waals surface area contributed by atoms with Gasteiger partial charge in [-0.05, 0) is 22.0 Å². The zero-order valence-electron chi connectivity index (χ0n) is 6.44. The first-order valence-corrected chi connectivity index (χ1v) is 4.34. The third kappa shape index (κ3) is 1.50. The standard InChI is InChI=1S/C7H6BrN3O2/c8-4-1-2-13-6(4)5(12)7-9-3-10-11-7/h1-3,5,12H,(H,9,10,11). The van der Waals surface area contributed by atoms with E-state index in [2.05, 4.69) is 31.1 Å². The van der Waals surface area contributed by atoms with Gasteiger partial charge in [0.2, 0.25) is 0 Å². The van der Waals surface area contributed by atoms with E-state index in [1.807, 2.05) is 0 Å². The van der Waals surface area contributed by atoms with Gasteiger partial charge >= 0.3 is 0 Å². The van der Waals surface area contributed by atoms with Crippen LogP contribution in [-0.4, -0.2) is 20.3 Å². The maximum Gasteiger partial charge on any atom is 0.172 e.